The van der Waals surface area contributed by atoms with E-state index >= 15 is 0 Å². The molecule has 0 spiro atoms. The quantitative estimate of drug-likeness (QED) is 0.0512. The van der Waals surface area contributed by atoms with Crippen molar-refractivity contribution in [1.29, 1.82) is 0 Å². The zero-order chi connectivity index (χ0) is 42.0. The van der Waals surface area contributed by atoms with Crippen molar-refractivity contribution in [2.45, 2.75) is 203 Å². The van der Waals surface area contributed by atoms with Crippen LogP contribution in [-0.2, 0) is 14.3 Å². The van der Waals surface area contributed by atoms with E-state index in [1.165, 1.54) is 132 Å². The van der Waals surface area contributed by atoms with Gasteiger partial charge >= 0.3 is 11.9 Å². The summed E-state index contributed by atoms with van der Waals surface area (Å²) in [7, 11) is 8.39. The largest absolute Gasteiger partial charge is 0.481 e. The molecule has 0 fully saturated rings. The van der Waals surface area contributed by atoms with Gasteiger partial charge in [-0.2, -0.15) is 0 Å². The van der Waals surface area contributed by atoms with Crippen molar-refractivity contribution in [2.75, 3.05) is 54.5 Å². The van der Waals surface area contributed by atoms with E-state index in [1.54, 1.807) is 0 Å². The molecule has 1 aromatic rings. The van der Waals surface area contributed by atoms with E-state index in [9.17, 15) is 9.59 Å². The molecule has 0 saturated carbocycles. The maximum Gasteiger partial charge on any atom is 0.305 e. The molecule has 2 unspecified atom stereocenters. The second kappa shape index (κ2) is 47.4. The number of esters is 1. The molecule has 334 valence electrons. The molecule has 2 atom stereocenters. The number of rotatable bonds is 31. The summed E-state index contributed by atoms with van der Waals surface area (Å²) in [5.41, 5.74) is 2.66. The van der Waals surface area contributed by atoms with Crippen LogP contribution in [0.15, 0.2) is 24.3 Å². The van der Waals surface area contributed by atoms with Crippen molar-refractivity contribution in [3.05, 3.63) is 35.4 Å². The number of hydrogen-bond acceptors (Lipinski definition) is 5. The summed E-state index contributed by atoms with van der Waals surface area (Å²) in [5.74, 6) is 0.483. The number of aliphatic hydroxyl groups excluding tert-OH is 1. The zero-order valence-corrected chi connectivity index (χ0v) is 38.3. The number of carbonyl (C=O) groups excluding carboxylic acids is 1. The van der Waals surface area contributed by atoms with Crippen LogP contribution < -0.4 is 4.90 Å². The summed E-state index contributed by atoms with van der Waals surface area (Å²) in [6.07, 6.45) is 27.6. The molecule has 0 bridgehead atoms. The lowest BCUT2D eigenvalue weighted by molar-refractivity contribution is -0.858. The number of carbonyl (C=O) groups is 2. The van der Waals surface area contributed by atoms with Gasteiger partial charge < -0.3 is 24.7 Å². The molecule has 0 radical (unpaired) electrons. The van der Waals surface area contributed by atoms with Gasteiger partial charge in [0.1, 0.15) is 0 Å². The molecular weight excluding hydrogens is 697 g/mol. The lowest BCUT2D eigenvalue weighted by Crippen LogP contribution is -3.05. The summed E-state index contributed by atoms with van der Waals surface area (Å²) in [5, 5.41) is 17.4. The normalized spacial score (nSPS) is 11.6. The molecular formula is C49H99N2O5+. The number of aliphatic hydroxyl groups is 1. The van der Waals surface area contributed by atoms with Crippen LogP contribution in [0, 0.1) is 25.7 Å². The van der Waals surface area contributed by atoms with E-state index in [1.807, 2.05) is 14.1 Å². The Balaban J connectivity index is -0.000000347. The molecule has 3 N–H and O–H groups in total. The first-order chi connectivity index (χ1) is 26.4. The van der Waals surface area contributed by atoms with Crippen LogP contribution in [0.1, 0.15) is 200 Å². The third kappa shape index (κ3) is 52.0. The van der Waals surface area contributed by atoms with Crippen LogP contribution in [0.4, 0.5) is 0 Å². The van der Waals surface area contributed by atoms with Crippen molar-refractivity contribution in [3.63, 3.8) is 0 Å². The summed E-state index contributed by atoms with van der Waals surface area (Å²) >= 11 is 0. The van der Waals surface area contributed by atoms with Crippen LogP contribution in [0.25, 0.3) is 0 Å². The van der Waals surface area contributed by atoms with E-state index in [0.29, 0.717) is 37.9 Å². The minimum atomic E-state index is -0.685. The number of quaternary nitrogens is 1. The van der Waals surface area contributed by atoms with E-state index in [-0.39, 0.29) is 13.4 Å². The van der Waals surface area contributed by atoms with Gasteiger partial charge in [-0.3, -0.25) is 9.59 Å². The second-order valence-corrected chi connectivity index (χ2v) is 16.5. The lowest BCUT2D eigenvalue weighted by atomic mass is 9.96. The van der Waals surface area contributed by atoms with Crippen LogP contribution in [0.3, 0.4) is 0 Å². The first-order valence-electron chi connectivity index (χ1n) is 22.8. The molecule has 0 aliphatic rings. The van der Waals surface area contributed by atoms with Gasteiger partial charge in [0.05, 0.1) is 27.2 Å². The number of nitrogens with one attached hydrogen (secondary N) is 1. The van der Waals surface area contributed by atoms with Crippen LogP contribution in [-0.4, -0.2) is 81.5 Å². The Morgan fingerprint density at radius 2 is 1.05 bits per heavy atom. The van der Waals surface area contributed by atoms with Crippen LogP contribution in [0.2, 0.25) is 0 Å². The molecule has 7 heteroatoms. The van der Waals surface area contributed by atoms with E-state index in [2.05, 4.69) is 84.8 Å². The zero-order valence-electron chi connectivity index (χ0n) is 38.3. The van der Waals surface area contributed by atoms with Gasteiger partial charge in [-0.25, -0.2) is 0 Å². The standard InChI is InChI=1S/C20H41NO2.C12H26O.C8H17NO2.C8H10.CH4/c1-5-7-9-11-15-19(14-8-6-2)18-23-20(22)16-12-10-13-17-21(3)4;1-3-5-7-8-10-12(11-13)9-6-4-2;1-9(2)7-5-3-4-6-8(10)11;1-7-3-5-8(2)6-4-7;/h19H,5-18H2,1-4H3;12-13H,3-11H2,1-2H3;3-7H2,1-2H3,(H,10,11);3-6H,1-2H3;1H4/p+1. The maximum absolute atomic E-state index is 11.9. The average Bonchev–Trinajstić information content (AvgIpc) is 3.15. The molecule has 0 aliphatic carbocycles. The van der Waals surface area contributed by atoms with Crippen molar-refractivity contribution in [1.82, 2.24) is 4.90 Å². The number of ether oxygens (including phenoxy) is 1. The second-order valence-electron chi connectivity index (χ2n) is 16.5. The molecule has 0 aromatic heterocycles. The number of benzene rings is 1. The Kier molecular flexibility index (Phi) is 51.4. The Hall–Kier alpha value is -1.96. The van der Waals surface area contributed by atoms with E-state index in [4.69, 9.17) is 14.9 Å². The molecule has 1 aromatic carbocycles. The number of carboxylic acid groups (broad SMARTS) is 1. The summed E-state index contributed by atoms with van der Waals surface area (Å²) < 4.78 is 5.54. The fourth-order valence-corrected chi connectivity index (χ4v) is 6.07. The predicted molar refractivity (Wildman–Crippen MR) is 245 cm³/mol. The summed E-state index contributed by atoms with van der Waals surface area (Å²) in [6, 6.07) is 8.48. The fourth-order valence-electron chi connectivity index (χ4n) is 6.07. The number of unbranched alkanes of at least 4 members (excludes halogenated alkanes) is 12. The third-order valence-electron chi connectivity index (χ3n) is 9.87. The van der Waals surface area contributed by atoms with Crippen LogP contribution >= 0.6 is 0 Å². The molecule has 56 heavy (non-hydrogen) atoms. The van der Waals surface area contributed by atoms with Crippen molar-refractivity contribution in [3.8, 4) is 0 Å². The fraction of sp³-hybridized carbons (Fsp3) is 0.837. The predicted octanol–water partition coefficient (Wildman–Crippen LogP) is 11.9. The summed E-state index contributed by atoms with van der Waals surface area (Å²) in [6.45, 7) is 16.4. The first kappa shape index (κ1) is 60.7. The smallest absolute Gasteiger partial charge is 0.305 e. The lowest BCUT2D eigenvalue weighted by Gasteiger charge is -2.16. The van der Waals surface area contributed by atoms with Crippen molar-refractivity contribution in [2.24, 2.45) is 11.8 Å². The highest BCUT2D eigenvalue weighted by atomic mass is 16.5. The van der Waals surface area contributed by atoms with Gasteiger partial charge in [0.15, 0.2) is 0 Å². The van der Waals surface area contributed by atoms with Crippen molar-refractivity contribution >= 4 is 11.9 Å². The molecule has 7 nitrogen and oxygen atoms in total. The highest BCUT2D eigenvalue weighted by molar-refractivity contribution is 5.69. The highest BCUT2D eigenvalue weighted by Gasteiger charge is 2.12. The number of nitrogens with zero attached hydrogens (tertiary/aromatic N) is 1. The Labute approximate surface area is 350 Å². The molecule has 0 heterocycles. The topological polar surface area (TPSA) is 91.5 Å². The monoisotopic (exact) mass is 796 g/mol. The third-order valence-corrected chi connectivity index (χ3v) is 9.87. The number of hydrogen-bond donors (Lipinski definition) is 3. The molecule has 1 rings (SSSR count). The van der Waals surface area contributed by atoms with Crippen LogP contribution in [0.5, 0.6) is 0 Å². The minimum Gasteiger partial charge on any atom is -0.481 e. The highest BCUT2D eigenvalue weighted by Crippen LogP contribution is 2.19. The molecule has 0 aliphatic heterocycles. The van der Waals surface area contributed by atoms with Gasteiger partial charge in [0.25, 0.3) is 0 Å². The van der Waals surface area contributed by atoms with Gasteiger partial charge in [0, 0.05) is 19.4 Å². The number of aliphatic carboxylic acids is 1. The van der Waals surface area contributed by atoms with Gasteiger partial charge in [0.2, 0.25) is 0 Å². The minimum absolute atomic E-state index is 0. The van der Waals surface area contributed by atoms with E-state index in [0.717, 1.165) is 38.6 Å². The SMILES string of the molecule is C.CCCCCCC(CCCC)COC(=O)CCCCC[NH+](C)C.CCCCCCC(CO)CCCC.CN(C)CCCCCC(=O)O.Cc1ccc(C)cc1. The molecule has 0 amide bonds. The number of carboxylic acids is 1. The average molecular weight is 796 g/mol. The summed E-state index contributed by atoms with van der Waals surface area (Å²) in [4.78, 5) is 25.5. The Morgan fingerprint density at radius 3 is 1.50 bits per heavy atom. The number of aryl methyl sites for hydroxylation is 2. The van der Waals surface area contributed by atoms with Crippen molar-refractivity contribution < 1.29 is 29.4 Å². The first-order valence-corrected chi connectivity index (χ1v) is 22.8. The Bertz CT molecular complexity index is 901. The maximum atomic E-state index is 11.9. The molecule has 0 saturated heterocycles. The van der Waals surface area contributed by atoms with Gasteiger partial charge in [-0.05, 0) is 104 Å². The van der Waals surface area contributed by atoms with E-state index < -0.39 is 5.97 Å². The van der Waals surface area contributed by atoms with Gasteiger partial charge in [-0.15, -0.1) is 0 Å². The Morgan fingerprint density at radius 1 is 0.625 bits per heavy atom. The van der Waals surface area contributed by atoms with Gasteiger partial charge in [-0.1, -0.05) is 154 Å².